The molecule has 0 amide bonds. The standard InChI is InChI=1S/C13H19NO5S/c1-4-11(8-19-3)14-20(17,18)12-7-10(13(15)16)6-5-9(12)2/h5-7,11,14H,4,8H2,1-3H3,(H,15,16). The Morgan fingerprint density at radius 1 is 1.45 bits per heavy atom. The van der Waals surface area contributed by atoms with Crippen LogP contribution in [0.3, 0.4) is 0 Å². The molecule has 0 bridgehead atoms. The van der Waals surface area contributed by atoms with Gasteiger partial charge < -0.3 is 9.84 Å². The first-order valence-electron chi connectivity index (χ1n) is 6.17. The number of hydrogen-bond donors (Lipinski definition) is 2. The molecule has 112 valence electrons. The second-order valence-electron chi connectivity index (χ2n) is 4.47. The number of benzene rings is 1. The van der Waals surface area contributed by atoms with Crippen LogP contribution in [0.15, 0.2) is 23.1 Å². The third kappa shape index (κ3) is 4.03. The van der Waals surface area contributed by atoms with Crippen LogP contribution >= 0.6 is 0 Å². The number of carboxylic acids is 1. The van der Waals surface area contributed by atoms with Gasteiger partial charge in [-0.25, -0.2) is 17.9 Å². The number of carboxylic acid groups (broad SMARTS) is 1. The van der Waals surface area contributed by atoms with E-state index in [9.17, 15) is 13.2 Å². The lowest BCUT2D eigenvalue weighted by molar-refractivity contribution is 0.0696. The van der Waals surface area contributed by atoms with E-state index >= 15 is 0 Å². The Hall–Kier alpha value is -1.44. The normalized spacial score (nSPS) is 13.2. The van der Waals surface area contributed by atoms with Gasteiger partial charge in [0.2, 0.25) is 10.0 Å². The van der Waals surface area contributed by atoms with Gasteiger partial charge in [0.1, 0.15) is 0 Å². The summed E-state index contributed by atoms with van der Waals surface area (Å²) in [7, 11) is -2.28. The Morgan fingerprint density at radius 3 is 2.60 bits per heavy atom. The molecule has 0 aliphatic carbocycles. The van der Waals surface area contributed by atoms with Crippen molar-refractivity contribution in [3.05, 3.63) is 29.3 Å². The molecular formula is C13H19NO5S. The number of rotatable bonds is 7. The maximum Gasteiger partial charge on any atom is 0.335 e. The first kappa shape index (κ1) is 16.6. The zero-order chi connectivity index (χ0) is 15.3. The molecule has 20 heavy (non-hydrogen) atoms. The predicted octanol–water partition coefficient (Wildman–Crippen LogP) is 1.40. The van der Waals surface area contributed by atoms with Gasteiger partial charge in [0.25, 0.3) is 0 Å². The van der Waals surface area contributed by atoms with Gasteiger partial charge in [-0.1, -0.05) is 13.0 Å². The van der Waals surface area contributed by atoms with E-state index in [2.05, 4.69) is 4.72 Å². The van der Waals surface area contributed by atoms with Crippen molar-refractivity contribution in [2.75, 3.05) is 13.7 Å². The first-order chi connectivity index (χ1) is 9.31. The Balaban J connectivity index is 3.14. The van der Waals surface area contributed by atoms with Gasteiger partial charge in [0.15, 0.2) is 0 Å². The smallest absolute Gasteiger partial charge is 0.335 e. The van der Waals surface area contributed by atoms with Crippen LogP contribution < -0.4 is 4.72 Å². The molecule has 7 heteroatoms. The summed E-state index contributed by atoms with van der Waals surface area (Å²) in [5.74, 6) is -1.16. The molecule has 0 radical (unpaired) electrons. The van der Waals surface area contributed by atoms with E-state index in [-0.39, 0.29) is 23.1 Å². The third-order valence-electron chi connectivity index (χ3n) is 2.91. The van der Waals surface area contributed by atoms with Crippen LogP contribution in [0.4, 0.5) is 0 Å². The number of carbonyl (C=O) groups is 1. The monoisotopic (exact) mass is 301 g/mol. The largest absolute Gasteiger partial charge is 0.478 e. The Labute approximate surface area is 118 Å². The maximum atomic E-state index is 12.3. The molecule has 1 aromatic carbocycles. The minimum atomic E-state index is -3.77. The fraction of sp³-hybridized carbons (Fsp3) is 0.462. The summed E-state index contributed by atoms with van der Waals surface area (Å²) in [6, 6.07) is 3.68. The summed E-state index contributed by atoms with van der Waals surface area (Å²) in [4.78, 5) is 10.9. The van der Waals surface area contributed by atoms with Crippen molar-refractivity contribution < 1.29 is 23.1 Å². The van der Waals surface area contributed by atoms with E-state index in [1.165, 1.54) is 25.3 Å². The molecule has 1 atom stereocenters. The first-order valence-corrected chi connectivity index (χ1v) is 7.65. The van der Waals surface area contributed by atoms with Crippen LogP contribution in [0.1, 0.15) is 29.3 Å². The molecule has 0 spiro atoms. The highest BCUT2D eigenvalue weighted by Gasteiger charge is 2.22. The van der Waals surface area contributed by atoms with Gasteiger partial charge in [0, 0.05) is 13.2 Å². The Morgan fingerprint density at radius 2 is 2.10 bits per heavy atom. The van der Waals surface area contributed by atoms with Crippen LogP contribution in [0.5, 0.6) is 0 Å². The lowest BCUT2D eigenvalue weighted by atomic mass is 10.1. The van der Waals surface area contributed by atoms with Crippen LogP contribution in [0.25, 0.3) is 0 Å². The van der Waals surface area contributed by atoms with Gasteiger partial charge in [0.05, 0.1) is 17.1 Å². The summed E-state index contributed by atoms with van der Waals surface area (Å²) < 4.78 is 32.1. The van der Waals surface area contributed by atoms with Crippen LogP contribution in [-0.2, 0) is 14.8 Å². The summed E-state index contributed by atoms with van der Waals surface area (Å²) in [6.07, 6.45) is 0.574. The molecule has 0 saturated carbocycles. The van der Waals surface area contributed by atoms with Crippen molar-refractivity contribution in [2.24, 2.45) is 0 Å². The average Bonchev–Trinajstić information content (AvgIpc) is 2.37. The van der Waals surface area contributed by atoms with Gasteiger partial charge in [-0.15, -0.1) is 0 Å². The summed E-state index contributed by atoms with van der Waals surface area (Å²) in [6.45, 7) is 3.72. The zero-order valence-corrected chi connectivity index (χ0v) is 12.5. The Kier molecular flexibility index (Phi) is 5.67. The SMILES string of the molecule is CCC(COC)NS(=O)(=O)c1cc(C(=O)O)ccc1C. The van der Waals surface area contributed by atoms with E-state index in [0.29, 0.717) is 12.0 Å². The molecule has 1 rings (SSSR count). The fourth-order valence-electron chi connectivity index (χ4n) is 1.74. The molecule has 0 saturated heterocycles. The highest BCUT2D eigenvalue weighted by Crippen LogP contribution is 2.18. The molecule has 0 aliphatic rings. The lowest BCUT2D eigenvalue weighted by Gasteiger charge is -2.17. The molecule has 0 aromatic heterocycles. The third-order valence-corrected chi connectivity index (χ3v) is 4.57. The van der Waals surface area contributed by atoms with Gasteiger partial charge in [-0.3, -0.25) is 0 Å². The number of nitrogens with one attached hydrogen (secondary N) is 1. The number of hydrogen-bond acceptors (Lipinski definition) is 4. The van der Waals surface area contributed by atoms with Crippen LogP contribution in [0.2, 0.25) is 0 Å². The zero-order valence-electron chi connectivity index (χ0n) is 11.7. The minimum absolute atomic E-state index is 0.0213. The number of methoxy groups -OCH3 is 1. The van der Waals surface area contributed by atoms with E-state index in [4.69, 9.17) is 9.84 Å². The summed E-state index contributed by atoms with van der Waals surface area (Å²) in [5, 5.41) is 8.94. The van der Waals surface area contributed by atoms with Crippen molar-refractivity contribution in [3.63, 3.8) is 0 Å². The van der Waals surface area contributed by atoms with Crippen molar-refractivity contribution in [2.45, 2.75) is 31.2 Å². The number of aryl methyl sites for hydroxylation is 1. The molecule has 1 aromatic rings. The number of ether oxygens (including phenoxy) is 1. The van der Waals surface area contributed by atoms with Crippen LogP contribution in [-0.4, -0.2) is 39.3 Å². The van der Waals surface area contributed by atoms with Gasteiger partial charge >= 0.3 is 5.97 Å². The number of aromatic carboxylic acids is 1. The highest BCUT2D eigenvalue weighted by atomic mass is 32.2. The van der Waals surface area contributed by atoms with E-state index in [0.717, 1.165) is 0 Å². The molecule has 1 unspecified atom stereocenters. The van der Waals surface area contributed by atoms with E-state index < -0.39 is 16.0 Å². The fourth-order valence-corrected chi connectivity index (χ4v) is 3.32. The van der Waals surface area contributed by atoms with Crippen molar-refractivity contribution in [3.8, 4) is 0 Å². The molecule has 2 N–H and O–H groups in total. The number of sulfonamides is 1. The van der Waals surface area contributed by atoms with Crippen molar-refractivity contribution in [1.29, 1.82) is 0 Å². The highest BCUT2D eigenvalue weighted by molar-refractivity contribution is 7.89. The lowest BCUT2D eigenvalue weighted by Crippen LogP contribution is -2.37. The van der Waals surface area contributed by atoms with Crippen LogP contribution in [0, 0.1) is 6.92 Å². The molecule has 0 fully saturated rings. The average molecular weight is 301 g/mol. The summed E-state index contributed by atoms with van der Waals surface area (Å²) in [5.41, 5.74) is 0.436. The minimum Gasteiger partial charge on any atom is -0.478 e. The maximum absolute atomic E-state index is 12.3. The van der Waals surface area contributed by atoms with E-state index in [1.807, 2.05) is 6.92 Å². The molecule has 6 nitrogen and oxygen atoms in total. The predicted molar refractivity (Wildman–Crippen MR) is 74.4 cm³/mol. The van der Waals surface area contributed by atoms with Gasteiger partial charge in [-0.2, -0.15) is 0 Å². The van der Waals surface area contributed by atoms with Crippen molar-refractivity contribution in [1.82, 2.24) is 4.72 Å². The van der Waals surface area contributed by atoms with Crippen molar-refractivity contribution >= 4 is 16.0 Å². The second kappa shape index (κ2) is 6.83. The molecule has 0 aliphatic heterocycles. The topological polar surface area (TPSA) is 92.7 Å². The Bertz CT molecular complexity index is 582. The van der Waals surface area contributed by atoms with Gasteiger partial charge in [-0.05, 0) is 31.0 Å². The summed E-state index contributed by atoms with van der Waals surface area (Å²) >= 11 is 0. The van der Waals surface area contributed by atoms with E-state index in [1.54, 1.807) is 6.92 Å². The second-order valence-corrected chi connectivity index (χ2v) is 6.15. The molecular weight excluding hydrogens is 282 g/mol. The quantitative estimate of drug-likeness (QED) is 0.794. The molecule has 0 heterocycles.